The Morgan fingerprint density at radius 1 is 1.39 bits per heavy atom. The molecule has 1 amide bonds. The molecule has 18 heavy (non-hydrogen) atoms. The molecule has 0 atom stereocenters. The van der Waals surface area contributed by atoms with Crippen LogP contribution >= 0.6 is 0 Å². The molecule has 0 unspecified atom stereocenters. The van der Waals surface area contributed by atoms with Crippen molar-refractivity contribution >= 4 is 11.6 Å². The Morgan fingerprint density at radius 2 is 2.06 bits per heavy atom. The number of hydrogen-bond donors (Lipinski definition) is 2. The molecule has 2 rings (SSSR count). The van der Waals surface area contributed by atoms with Crippen molar-refractivity contribution in [1.29, 1.82) is 0 Å². The summed E-state index contributed by atoms with van der Waals surface area (Å²) < 4.78 is 0. The summed E-state index contributed by atoms with van der Waals surface area (Å²) in [4.78, 5) is 15.9. The van der Waals surface area contributed by atoms with E-state index in [0.717, 1.165) is 25.1 Å². The first-order valence-corrected chi connectivity index (χ1v) is 6.24. The predicted octanol–water partition coefficient (Wildman–Crippen LogP) is 0.503. The number of hydrogen-bond acceptors (Lipinski definition) is 4. The van der Waals surface area contributed by atoms with Crippen molar-refractivity contribution in [3.8, 4) is 0 Å². The number of carbonyl (C=O) groups is 1. The van der Waals surface area contributed by atoms with Crippen LogP contribution in [0.3, 0.4) is 0 Å². The fraction of sp³-hybridized carbons (Fsp3) is 0.667. The molecule has 0 radical (unpaired) electrons. The number of aromatic amines is 1. The maximum absolute atomic E-state index is 12.2. The molecule has 1 aliphatic rings. The minimum absolute atomic E-state index is 0.113. The van der Waals surface area contributed by atoms with Gasteiger partial charge in [0.15, 0.2) is 5.69 Å². The van der Waals surface area contributed by atoms with Crippen LogP contribution in [0, 0.1) is 0 Å². The Hall–Kier alpha value is -1.56. The smallest absolute Gasteiger partial charge is 0.276 e. The molecule has 1 aromatic heterocycles. The molecular formula is C12H21N5O. The zero-order chi connectivity index (χ0) is 13.3. The maximum Gasteiger partial charge on any atom is 0.276 e. The summed E-state index contributed by atoms with van der Waals surface area (Å²) in [7, 11) is 5.73. The zero-order valence-corrected chi connectivity index (χ0v) is 11.2. The fourth-order valence-corrected chi connectivity index (χ4v) is 1.84. The Balaban J connectivity index is 2.03. The standard InChI is InChI=1S/C12H21N5O/c1-16(2)6-7-17(3)12(18)11-9(13)10(14-15-11)8-4-5-8/h8H,4-7,13H2,1-3H3,(H,14,15). The van der Waals surface area contributed by atoms with Crippen LogP contribution in [-0.4, -0.2) is 60.1 Å². The number of H-pyrrole nitrogens is 1. The second-order valence-corrected chi connectivity index (χ2v) is 5.20. The normalized spacial score (nSPS) is 15.1. The van der Waals surface area contributed by atoms with E-state index in [1.807, 2.05) is 19.0 Å². The van der Waals surface area contributed by atoms with Gasteiger partial charge in [-0.3, -0.25) is 9.89 Å². The van der Waals surface area contributed by atoms with E-state index in [1.54, 1.807) is 11.9 Å². The summed E-state index contributed by atoms with van der Waals surface area (Å²) in [5.41, 5.74) is 7.80. The molecule has 0 aliphatic heterocycles. The number of nitrogens with two attached hydrogens (primary N) is 1. The Kier molecular flexibility index (Phi) is 3.56. The number of aromatic nitrogens is 2. The number of likely N-dealkylation sites (N-methyl/N-ethyl adjacent to an activating group) is 2. The first-order chi connectivity index (χ1) is 8.50. The second-order valence-electron chi connectivity index (χ2n) is 5.20. The summed E-state index contributed by atoms with van der Waals surface area (Å²) in [5, 5.41) is 6.97. The Bertz CT molecular complexity index is 436. The third-order valence-electron chi connectivity index (χ3n) is 3.25. The quantitative estimate of drug-likeness (QED) is 0.799. The summed E-state index contributed by atoms with van der Waals surface area (Å²) in [6, 6.07) is 0. The van der Waals surface area contributed by atoms with Gasteiger partial charge in [-0.1, -0.05) is 0 Å². The van der Waals surface area contributed by atoms with Gasteiger partial charge in [-0.25, -0.2) is 0 Å². The van der Waals surface area contributed by atoms with Crippen molar-refractivity contribution < 1.29 is 4.79 Å². The van der Waals surface area contributed by atoms with Gasteiger partial charge >= 0.3 is 0 Å². The average Bonchev–Trinajstić information content (AvgIpc) is 3.09. The van der Waals surface area contributed by atoms with Crippen molar-refractivity contribution in [2.75, 3.05) is 40.0 Å². The van der Waals surface area contributed by atoms with E-state index in [-0.39, 0.29) is 5.91 Å². The van der Waals surface area contributed by atoms with Crippen molar-refractivity contribution in [2.24, 2.45) is 0 Å². The monoisotopic (exact) mass is 251 g/mol. The molecule has 1 fully saturated rings. The summed E-state index contributed by atoms with van der Waals surface area (Å²) in [6.07, 6.45) is 2.27. The molecule has 1 aliphatic carbocycles. The van der Waals surface area contributed by atoms with Gasteiger partial charge in [0.1, 0.15) is 0 Å². The van der Waals surface area contributed by atoms with Gasteiger partial charge in [0.05, 0.1) is 11.4 Å². The molecule has 6 nitrogen and oxygen atoms in total. The lowest BCUT2D eigenvalue weighted by Crippen LogP contribution is -2.34. The summed E-state index contributed by atoms with van der Waals surface area (Å²) in [6.45, 7) is 1.49. The number of amides is 1. The van der Waals surface area contributed by atoms with Gasteiger partial charge in [-0.05, 0) is 26.9 Å². The van der Waals surface area contributed by atoms with Crippen molar-refractivity contribution in [3.63, 3.8) is 0 Å². The minimum atomic E-state index is -0.113. The number of carbonyl (C=O) groups excluding carboxylic acids is 1. The molecule has 1 aromatic rings. The minimum Gasteiger partial charge on any atom is -0.395 e. The highest BCUT2D eigenvalue weighted by atomic mass is 16.2. The lowest BCUT2D eigenvalue weighted by Gasteiger charge is -2.18. The van der Waals surface area contributed by atoms with Crippen molar-refractivity contribution in [2.45, 2.75) is 18.8 Å². The SMILES string of the molecule is CN(C)CCN(C)C(=O)c1n[nH]c(C2CC2)c1N. The van der Waals surface area contributed by atoms with Crippen molar-refractivity contribution in [3.05, 3.63) is 11.4 Å². The Labute approximate surface area is 107 Å². The number of nitrogen functional groups attached to an aromatic ring is 1. The third-order valence-corrected chi connectivity index (χ3v) is 3.25. The first kappa shape index (κ1) is 12.9. The Morgan fingerprint density at radius 3 is 2.61 bits per heavy atom. The van der Waals surface area contributed by atoms with Gasteiger partial charge in [0, 0.05) is 26.1 Å². The summed E-state index contributed by atoms with van der Waals surface area (Å²) >= 11 is 0. The highest BCUT2D eigenvalue weighted by Crippen LogP contribution is 2.42. The van der Waals surface area contributed by atoms with Gasteiger partial charge < -0.3 is 15.5 Å². The maximum atomic E-state index is 12.2. The molecule has 3 N–H and O–H groups in total. The molecule has 0 saturated heterocycles. The zero-order valence-electron chi connectivity index (χ0n) is 11.2. The van der Waals surface area contributed by atoms with Crippen LogP contribution in [0.15, 0.2) is 0 Å². The van der Waals surface area contributed by atoms with E-state index in [1.165, 1.54) is 0 Å². The van der Waals surface area contributed by atoms with Crippen LogP contribution in [0.5, 0.6) is 0 Å². The van der Waals surface area contributed by atoms with Crippen LogP contribution in [0.1, 0.15) is 34.9 Å². The van der Waals surface area contributed by atoms with E-state index in [0.29, 0.717) is 23.8 Å². The molecule has 1 saturated carbocycles. The van der Waals surface area contributed by atoms with Crippen LogP contribution in [-0.2, 0) is 0 Å². The van der Waals surface area contributed by atoms with Crippen molar-refractivity contribution in [1.82, 2.24) is 20.0 Å². The van der Waals surface area contributed by atoms with E-state index < -0.39 is 0 Å². The molecule has 100 valence electrons. The molecule has 0 aromatic carbocycles. The lowest BCUT2D eigenvalue weighted by molar-refractivity contribution is 0.0781. The van der Waals surface area contributed by atoms with E-state index in [4.69, 9.17) is 5.73 Å². The first-order valence-electron chi connectivity index (χ1n) is 6.24. The number of anilines is 1. The van der Waals surface area contributed by atoms with Gasteiger partial charge in [-0.2, -0.15) is 5.10 Å². The van der Waals surface area contributed by atoms with E-state index in [2.05, 4.69) is 10.2 Å². The molecule has 6 heteroatoms. The molecule has 1 heterocycles. The fourth-order valence-electron chi connectivity index (χ4n) is 1.84. The number of nitrogens with zero attached hydrogens (tertiary/aromatic N) is 3. The van der Waals surface area contributed by atoms with Crippen LogP contribution in [0.2, 0.25) is 0 Å². The topological polar surface area (TPSA) is 78.2 Å². The number of nitrogens with one attached hydrogen (secondary N) is 1. The average molecular weight is 251 g/mol. The van der Waals surface area contributed by atoms with Gasteiger partial charge in [-0.15, -0.1) is 0 Å². The lowest BCUT2D eigenvalue weighted by atomic mass is 10.2. The van der Waals surface area contributed by atoms with Crippen LogP contribution in [0.4, 0.5) is 5.69 Å². The van der Waals surface area contributed by atoms with Crippen LogP contribution in [0.25, 0.3) is 0 Å². The highest BCUT2D eigenvalue weighted by Gasteiger charge is 2.30. The predicted molar refractivity (Wildman–Crippen MR) is 70.5 cm³/mol. The van der Waals surface area contributed by atoms with Gasteiger partial charge in [0.25, 0.3) is 5.91 Å². The third kappa shape index (κ3) is 2.64. The van der Waals surface area contributed by atoms with Crippen LogP contribution < -0.4 is 5.73 Å². The molecule has 0 spiro atoms. The summed E-state index contributed by atoms with van der Waals surface area (Å²) in [5.74, 6) is 0.364. The second kappa shape index (κ2) is 4.97. The van der Waals surface area contributed by atoms with Gasteiger partial charge in [0.2, 0.25) is 0 Å². The number of rotatable bonds is 5. The molecule has 0 bridgehead atoms. The van der Waals surface area contributed by atoms with E-state index in [9.17, 15) is 4.79 Å². The largest absolute Gasteiger partial charge is 0.395 e. The molecular weight excluding hydrogens is 230 g/mol. The van der Waals surface area contributed by atoms with E-state index >= 15 is 0 Å². The highest BCUT2D eigenvalue weighted by molar-refractivity contribution is 5.97.